The van der Waals surface area contributed by atoms with Crippen LogP contribution in [-0.4, -0.2) is 12.5 Å². The second-order valence-electron chi connectivity index (χ2n) is 4.80. The summed E-state index contributed by atoms with van der Waals surface area (Å²) in [6, 6.07) is 11.2. The van der Waals surface area contributed by atoms with Crippen molar-refractivity contribution in [3.63, 3.8) is 0 Å². The summed E-state index contributed by atoms with van der Waals surface area (Å²) in [5, 5.41) is 6.51. The average molecular weight is 341 g/mol. The zero-order valence-corrected chi connectivity index (χ0v) is 13.4. The first-order chi connectivity index (χ1) is 10.5. The third-order valence-corrected chi connectivity index (χ3v) is 3.80. The van der Waals surface area contributed by atoms with Crippen molar-refractivity contribution in [2.24, 2.45) is 0 Å². The van der Waals surface area contributed by atoms with Crippen LogP contribution in [0.5, 0.6) is 0 Å². The number of rotatable bonds is 5. The van der Waals surface area contributed by atoms with E-state index in [4.69, 9.17) is 23.2 Å². The standard InChI is InChI=1S/C16H15Cl2FN2O/c1-10(12-4-2-3-5-13(12)17)20-9-16(22)21-15-7-6-11(19)8-14(15)18/h2-8,10,20H,9H2,1H3,(H,21,22). The lowest BCUT2D eigenvalue weighted by Gasteiger charge is -2.15. The molecule has 2 aromatic carbocycles. The Morgan fingerprint density at radius 1 is 1.18 bits per heavy atom. The first kappa shape index (κ1) is 16.7. The van der Waals surface area contributed by atoms with E-state index in [1.807, 2.05) is 25.1 Å². The van der Waals surface area contributed by atoms with Gasteiger partial charge >= 0.3 is 0 Å². The van der Waals surface area contributed by atoms with Gasteiger partial charge < -0.3 is 10.6 Å². The van der Waals surface area contributed by atoms with E-state index in [-0.39, 0.29) is 23.5 Å². The predicted molar refractivity (Wildman–Crippen MR) is 87.9 cm³/mol. The van der Waals surface area contributed by atoms with Crippen molar-refractivity contribution in [3.8, 4) is 0 Å². The third kappa shape index (κ3) is 4.44. The Hall–Kier alpha value is -1.62. The molecule has 0 saturated heterocycles. The number of carbonyl (C=O) groups excluding carboxylic acids is 1. The van der Waals surface area contributed by atoms with Crippen molar-refractivity contribution in [2.75, 3.05) is 11.9 Å². The Morgan fingerprint density at radius 3 is 2.59 bits per heavy atom. The number of anilines is 1. The number of nitrogens with one attached hydrogen (secondary N) is 2. The van der Waals surface area contributed by atoms with Crippen LogP contribution in [-0.2, 0) is 4.79 Å². The van der Waals surface area contributed by atoms with Gasteiger partial charge in [0.05, 0.1) is 17.3 Å². The molecule has 6 heteroatoms. The Morgan fingerprint density at radius 2 is 1.91 bits per heavy atom. The molecule has 0 aliphatic carbocycles. The minimum atomic E-state index is -0.450. The maximum Gasteiger partial charge on any atom is 0.238 e. The molecule has 0 bridgehead atoms. The summed E-state index contributed by atoms with van der Waals surface area (Å²) < 4.78 is 12.9. The number of amides is 1. The lowest BCUT2D eigenvalue weighted by Crippen LogP contribution is -2.30. The van der Waals surface area contributed by atoms with Crippen molar-refractivity contribution in [1.82, 2.24) is 5.32 Å². The topological polar surface area (TPSA) is 41.1 Å². The molecule has 0 aliphatic rings. The maximum absolute atomic E-state index is 12.9. The minimum Gasteiger partial charge on any atom is -0.324 e. The van der Waals surface area contributed by atoms with Crippen LogP contribution in [0.2, 0.25) is 10.0 Å². The van der Waals surface area contributed by atoms with Gasteiger partial charge in [-0.3, -0.25) is 4.79 Å². The number of hydrogen-bond acceptors (Lipinski definition) is 2. The average Bonchev–Trinajstić information content (AvgIpc) is 2.48. The molecule has 22 heavy (non-hydrogen) atoms. The van der Waals surface area contributed by atoms with Gasteiger partial charge in [-0.25, -0.2) is 4.39 Å². The van der Waals surface area contributed by atoms with E-state index in [1.54, 1.807) is 6.07 Å². The lowest BCUT2D eigenvalue weighted by molar-refractivity contribution is -0.115. The number of halogens is 3. The fraction of sp³-hybridized carbons (Fsp3) is 0.188. The molecule has 0 saturated carbocycles. The summed E-state index contributed by atoms with van der Waals surface area (Å²) in [7, 11) is 0. The van der Waals surface area contributed by atoms with Crippen molar-refractivity contribution >= 4 is 34.8 Å². The van der Waals surface area contributed by atoms with Gasteiger partial charge in [0.2, 0.25) is 5.91 Å². The predicted octanol–water partition coefficient (Wildman–Crippen LogP) is 4.42. The summed E-state index contributed by atoms with van der Waals surface area (Å²) in [5.74, 6) is -0.721. The van der Waals surface area contributed by atoms with Crippen molar-refractivity contribution in [1.29, 1.82) is 0 Å². The van der Waals surface area contributed by atoms with Crippen molar-refractivity contribution < 1.29 is 9.18 Å². The van der Waals surface area contributed by atoms with Crippen LogP contribution in [0.3, 0.4) is 0 Å². The summed E-state index contributed by atoms with van der Waals surface area (Å²) >= 11 is 12.0. The Kier molecular flexibility index (Phi) is 5.77. The molecule has 3 nitrogen and oxygen atoms in total. The van der Waals surface area contributed by atoms with Crippen molar-refractivity contribution in [3.05, 3.63) is 63.9 Å². The number of carbonyl (C=O) groups is 1. The summed E-state index contributed by atoms with van der Waals surface area (Å²) in [4.78, 5) is 11.9. The second-order valence-corrected chi connectivity index (χ2v) is 5.61. The first-order valence-corrected chi connectivity index (χ1v) is 7.45. The van der Waals surface area contributed by atoms with Crippen LogP contribution in [0.4, 0.5) is 10.1 Å². The van der Waals surface area contributed by atoms with Gasteiger partial charge in [-0.2, -0.15) is 0 Å². The Labute approximate surface area is 138 Å². The molecule has 1 amide bonds. The smallest absolute Gasteiger partial charge is 0.238 e. The molecule has 2 aromatic rings. The van der Waals surface area contributed by atoms with E-state index in [0.29, 0.717) is 10.7 Å². The van der Waals surface area contributed by atoms with E-state index in [1.165, 1.54) is 12.1 Å². The molecule has 0 radical (unpaired) electrons. The van der Waals surface area contributed by atoms with E-state index in [0.717, 1.165) is 11.6 Å². The molecule has 0 spiro atoms. The molecular weight excluding hydrogens is 326 g/mol. The molecule has 2 N–H and O–H groups in total. The Bertz CT molecular complexity index is 679. The SMILES string of the molecule is CC(NCC(=O)Nc1ccc(F)cc1Cl)c1ccccc1Cl. The fourth-order valence-corrected chi connectivity index (χ4v) is 2.48. The molecule has 0 aliphatic heterocycles. The molecule has 1 unspecified atom stereocenters. The third-order valence-electron chi connectivity index (χ3n) is 3.15. The molecule has 0 aromatic heterocycles. The quantitative estimate of drug-likeness (QED) is 0.845. The summed E-state index contributed by atoms with van der Waals surface area (Å²) in [5.41, 5.74) is 1.29. The van der Waals surface area contributed by atoms with Gasteiger partial charge in [0.1, 0.15) is 5.82 Å². The van der Waals surface area contributed by atoms with Crippen LogP contribution in [0.15, 0.2) is 42.5 Å². The van der Waals surface area contributed by atoms with Gasteiger partial charge in [-0.1, -0.05) is 41.4 Å². The van der Waals surface area contributed by atoms with Gasteiger partial charge in [0.25, 0.3) is 0 Å². The van der Waals surface area contributed by atoms with Crippen molar-refractivity contribution in [2.45, 2.75) is 13.0 Å². The lowest BCUT2D eigenvalue weighted by atomic mass is 10.1. The van der Waals surface area contributed by atoms with Gasteiger partial charge in [-0.15, -0.1) is 0 Å². The monoisotopic (exact) mass is 340 g/mol. The number of hydrogen-bond donors (Lipinski definition) is 2. The molecule has 2 rings (SSSR count). The van der Waals surface area contributed by atoms with E-state index in [9.17, 15) is 9.18 Å². The zero-order valence-electron chi connectivity index (χ0n) is 11.9. The van der Waals surface area contributed by atoms with E-state index in [2.05, 4.69) is 10.6 Å². The highest BCUT2D eigenvalue weighted by Crippen LogP contribution is 2.23. The van der Waals surface area contributed by atoms with Crippen LogP contribution in [0.25, 0.3) is 0 Å². The largest absolute Gasteiger partial charge is 0.324 e. The zero-order chi connectivity index (χ0) is 16.1. The highest BCUT2D eigenvalue weighted by atomic mass is 35.5. The normalized spacial score (nSPS) is 12.0. The molecule has 0 fully saturated rings. The molecular formula is C16H15Cl2FN2O. The van der Waals surface area contributed by atoms with Crippen LogP contribution < -0.4 is 10.6 Å². The first-order valence-electron chi connectivity index (χ1n) is 6.70. The van der Waals surface area contributed by atoms with Gasteiger partial charge in [-0.05, 0) is 36.8 Å². The molecule has 1 atom stereocenters. The highest BCUT2D eigenvalue weighted by Gasteiger charge is 2.11. The molecule has 116 valence electrons. The van der Waals surface area contributed by atoms with Crippen LogP contribution >= 0.6 is 23.2 Å². The second kappa shape index (κ2) is 7.58. The van der Waals surface area contributed by atoms with Gasteiger partial charge in [0.15, 0.2) is 0 Å². The maximum atomic E-state index is 12.9. The molecule has 0 heterocycles. The summed E-state index contributed by atoms with van der Waals surface area (Å²) in [6.07, 6.45) is 0. The van der Waals surface area contributed by atoms with Crippen LogP contribution in [0.1, 0.15) is 18.5 Å². The van der Waals surface area contributed by atoms with Crippen LogP contribution in [0, 0.1) is 5.82 Å². The van der Waals surface area contributed by atoms with E-state index >= 15 is 0 Å². The van der Waals surface area contributed by atoms with Gasteiger partial charge in [0, 0.05) is 11.1 Å². The summed E-state index contributed by atoms with van der Waals surface area (Å²) in [6.45, 7) is 2.00. The number of benzene rings is 2. The highest BCUT2D eigenvalue weighted by molar-refractivity contribution is 6.33. The minimum absolute atomic E-state index is 0.0804. The fourth-order valence-electron chi connectivity index (χ4n) is 1.97. The Balaban J connectivity index is 1.91. The van der Waals surface area contributed by atoms with E-state index < -0.39 is 5.82 Å².